The molecule has 1 aliphatic rings. The van der Waals surface area contributed by atoms with Crippen LogP contribution in [0.3, 0.4) is 0 Å². The average molecular weight is 520 g/mol. The number of anilines is 3. The summed E-state index contributed by atoms with van der Waals surface area (Å²) in [6.45, 7) is 0.737. The van der Waals surface area contributed by atoms with Gasteiger partial charge in [0, 0.05) is 41.3 Å². The monoisotopic (exact) mass is 519 g/mol. The van der Waals surface area contributed by atoms with Crippen molar-refractivity contribution in [2.24, 2.45) is 0 Å². The minimum Gasteiger partial charge on any atom is -0.457 e. The molecule has 0 bridgehead atoms. The first-order valence-electron chi connectivity index (χ1n) is 13.3. The van der Waals surface area contributed by atoms with Crippen LogP contribution in [0, 0.1) is 0 Å². The van der Waals surface area contributed by atoms with Crippen LogP contribution in [0.5, 0.6) is 11.5 Å². The van der Waals surface area contributed by atoms with Gasteiger partial charge in [-0.2, -0.15) is 0 Å². The first kappa shape index (κ1) is 22.6. The van der Waals surface area contributed by atoms with Gasteiger partial charge in [0.25, 0.3) is 0 Å². The highest BCUT2D eigenvalue weighted by molar-refractivity contribution is 6.12. The van der Waals surface area contributed by atoms with E-state index in [4.69, 9.17) is 9.72 Å². The Morgan fingerprint density at radius 3 is 2.48 bits per heavy atom. The number of ether oxygens (including phenoxy) is 1. The first-order valence-corrected chi connectivity index (χ1v) is 13.3. The van der Waals surface area contributed by atoms with Crippen LogP contribution in [-0.4, -0.2) is 28.1 Å². The Balaban J connectivity index is 1.23. The topological polar surface area (TPSA) is 45.9 Å². The zero-order valence-electron chi connectivity index (χ0n) is 21.9. The van der Waals surface area contributed by atoms with Crippen molar-refractivity contribution in [2.75, 3.05) is 23.5 Å². The molecule has 192 valence electrons. The van der Waals surface area contributed by atoms with Crippen molar-refractivity contribution in [1.82, 2.24) is 14.4 Å². The van der Waals surface area contributed by atoms with E-state index in [-0.39, 0.29) is 0 Å². The molecule has 0 spiro atoms. The number of benzene rings is 4. The van der Waals surface area contributed by atoms with Gasteiger partial charge >= 0.3 is 0 Å². The van der Waals surface area contributed by atoms with Crippen molar-refractivity contribution in [2.45, 2.75) is 0 Å². The van der Waals surface area contributed by atoms with Crippen molar-refractivity contribution in [3.05, 3.63) is 122 Å². The molecule has 0 saturated heterocycles. The molecule has 4 heterocycles. The van der Waals surface area contributed by atoms with Crippen molar-refractivity contribution in [1.29, 1.82) is 0 Å². The summed E-state index contributed by atoms with van der Waals surface area (Å²) < 4.78 is 8.71. The summed E-state index contributed by atoms with van der Waals surface area (Å²) in [5.74, 6) is 2.49. The Morgan fingerprint density at radius 2 is 1.55 bits per heavy atom. The molecule has 8 rings (SSSR count). The van der Waals surface area contributed by atoms with E-state index in [0.717, 1.165) is 68.6 Å². The van der Waals surface area contributed by atoms with Gasteiger partial charge in [-0.05, 0) is 53.9 Å². The fourth-order valence-electron chi connectivity index (χ4n) is 5.81. The van der Waals surface area contributed by atoms with Crippen LogP contribution in [0.15, 0.2) is 122 Å². The van der Waals surface area contributed by atoms with E-state index >= 15 is 0 Å². The molecule has 7 aromatic rings. The molecule has 0 amide bonds. The highest BCUT2D eigenvalue weighted by Crippen LogP contribution is 2.40. The second kappa shape index (κ2) is 8.85. The van der Waals surface area contributed by atoms with Crippen molar-refractivity contribution < 1.29 is 4.74 Å². The third-order valence-electron chi connectivity index (χ3n) is 7.65. The van der Waals surface area contributed by atoms with Gasteiger partial charge in [0.1, 0.15) is 17.1 Å². The van der Waals surface area contributed by atoms with Crippen molar-refractivity contribution >= 4 is 44.5 Å². The first-order chi connectivity index (χ1) is 19.7. The van der Waals surface area contributed by atoms with Gasteiger partial charge < -0.3 is 14.5 Å². The molecule has 0 unspecified atom stereocenters. The van der Waals surface area contributed by atoms with Crippen LogP contribution in [0.1, 0.15) is 0 Å². The largest absolute Gasteiger partial charge is 0.457 e. The van der Waals surface area contributed by atoms with Gasteiger partial charge in [-0.3, -0.25) is 4.40 Å². The average Bonchev–Trinajstić information content (AvgIpc) is 3.60. The summed E-state index contributed by atoms with van der Waals surface area (Å²) in [5, 5.41) is 3.38. The highest BCUT2D eigenvalue weighted by Gasteiger charge is 2.25. The van der Waals surface area contributed by atoms with Crippen LogP contribution < -0.4 is 14.5 Å². The number of pyridine rings is 2. The van der Waals surface area contributed by atoms with Gasteiger partial charge in [-0.15, -0.1) is 0 Å². The number of imidazole rings is 1. The zero-order chi connectivity index (χ0) is 26.6. The Bertz CT molecular complexity index is 2050. The Kier molecular flexibility index (Phi) is 5.00. The number of aromatic nitrogens is 3. The number of rotatable bonds is 4. The molecule has 0 fully saturated rings. The van der Waals surface area contributed by atoms with Gasteiger partial charge in [0.15, 0.2) is 5.82 Å². The summed E-state index contributed by atoms with van der Waals surface area (Å²) in [5.41, 5.74) is 6.40. The number of fused-ring (bicyclic) bond motifs is 7. The van der Waals surface area contributed by atoms with Crippen LogP contribution in [-0.2, 0) is 0 Å². The molecular weight excluding hydrogens is 494 g/mol. The third-order valence-corrected chi connectivity index (χ3v) is 7.65. The summed E-state index contributed by atoms with van der Waals surface area (Å²) in [6, 6.07) is 37.5. The number of nitrogens with zero attached hydrogens (tertiary/aromatic N) is 5. The molecule has 3 aromatic heterocycles. The van der Waals surface area contributed by atoms with E-state index in [0.29, 0.717) is 0 Å². The zero-order valence-corrected chi connectivity index (χ0v) is 21.9. The smallest absolute Gasteiger partial charge is 0.158 e. The van der Waals surface area contributed by atoms with Crippen LogP contribution in [0.25, 0.3) is 38.6 Å². The van der Waals surface area contributed by atoms with Crippen LogP contribution in [0.2, 0.25) is 0 Å². The third kappa shape index (κ3) is 3.50. The predicted octanol–water partition coefficient (Wildman–Crippen LogP) is 8.04. The maximum atomic E-state index is 6.46. The second-order valence-corrected chi connectivity index (χ2v) is 10.1. The molecular formula is C34H25N5O. The molecule has 40 heavy (non-hydrogen) atoms. The lowest BCUT2D eigenvalue weighted by molar-refractivity contribution is 0.483. The van der Waals surface area contributed by atoms with Gasteiger partial charge in [0.2, 0.25) is 0 Å². The minimum absolute atomic E-state index is 0.737. The molecule has 0 N–H and O–H groups in total. The Morgan fingerprint density at radius 1 is 0.700 bits per heavy atom. The van der Waals surface area contributed by atoms with Gasteiger partial charge in [-0.25, -0.2) is 9.97 Å². The number of hydrogen-bond donors (Lipinski definition) is 0. The molecule has 0 atom stereocenters. The fraction of sp³-hybridized carbons (Fsp3) is 0.0588. The lowest BCUT2D eigenvalue weighted by Gasteiger charge is -2.19. The summed E-state index contributed by atoms with van der Waals surface area (Å²) >= 11 is 0. The van der Waals surface area contributed by atoms with E-state index in [2.05, 4.69) is 105 Å². The number of hydrogen-bond acceptors (Lipinski definition) is 5. The van der Waals surface area contributed by atoms with Crippen molar-refractivity contribution in [3.8, 4) is 22.8 Å². The molecule has 4 aromatic carbocycles. The van der Waals surface area contributed by atoms with E-state index in [1.54, 1.807) is 0 Å². The fourth-order valence-corrected chi connectivity index (χ4v) is 5.81. The lowest BCUT2D eigenvalue weighted by Crippen LogP contribution is -2.24. The standard InChI is InChI=1S/C34H25N5O/c1-37-22-38(34-31(37)15-8-18-35-34)24-11-7-12-25(19-24)40-26-16-17-27-28-13-5-6-14-30(28)39-32(23-9-3-2-4-10-23)21-36-33(39)29(27)20-26/h2-21H,22H2,1H3. The summed E-state index contributed by atoms with van der Waals surface area (Å²) in [4.78, 5) is 13.9. The minimum atomic E-state index is 0.737. The van der Waals surface area contributed by atoms with Crippen LogP contribution in [0.4, 0.5) is 17.2 Å². The molecule has 0 aliphatic carbocycles. The number of para-hydroxylation sites is 1. The van der Waals surface area contributed by atoms with E-state index in [1.807, 2.05) is 42.7 Å². The van der Waals surface area contributed by atoms with Crippen LogP contribution >= 0.6 is 0 Å². The molecule has 0 radical (unpaired) electrons. The van der Waals surface area contributed by atoms with E-state index in [1.165, 1.54) is 5.39 Å². The van der Waals surface area contributed by atoms with E-state index in [9.17, 15) is 0 Å². The van der Waals surface area contributed by atoms with Gasteiger partial charge in [-0.1, -0.05) is 54.6 Å². The molecule has 6 heteroatoms. The lowest BCUT2D eigenvalue weighted by atomic mass is 10.1. The maximum Gasteiger partial charge on any atom is 0.158 e. The SMILES string of the molecule is CN1CN(c2cccc(Oc3ccc4c5ccccc5n5c(-c6ccccc6)cnc5c4c3)c2)c2ncccc21. The highest BCUT2D eigenvalue weighted by atomic mass is 16.5. The van der Waals surface area contributed by atoms with Crippen molar-refractivity contribution in [3.63, 3.8) is 0 Å². The quantitative estimate of drug-likeness (QED) is 0.220. The Hall–Kier alpha value is -5.36. The maximum absolute atomic E-state index is 6.46. The second-order valence-electron chi connectivity index (χ2n) is 10.1. The van der Waals surface area contributed by atoms with E-state index < -0.39 is 0 Å². The Labute approximate surface area is 231 Å². The molecule has 1 aliphatic heterocycles. The molecule has 0 saturated carbocycles. The summed E-state index contributed by atoms with van der Waals surface area (Å²) in [6.07, 6.45) is 3.80. The van der Waals surface area contributed by atoms with Gasteiger partial charge in [0.05, 0.1) is 29.8 Å². The summed E-state index contributed by atoms with van der Waals surface area (Å²) in [7, 11) is 2.08. The molecule has 6 nitrogen and oxygen atoms in total. The normalized spacial score (nSPS) is 12.9. The predicted molar refractivity (Wildman–Crippen MR) is 162 cm³/mol.